The molecule has 3 aromatic rings. The van der Waals surface area contributed by atoms with E-state index in [-0.39, 0.29) is 22.5 Å². The number of benzene rings is 2. The molecule has 1 aliphatic rings. The van der Waals surface area contributed by atoms with Gasteiger partial charge in [0.25, 0.3) is 0 Å². The second kappa shape index (κ2) is 8.73. The zero-order chi connectivity index (χ0) is 22.9. The molecule has 0 saturated carbocycles. The van der Waals surface area contributed by atoms with Gasteiger partial charge in [0.1, 0.15) is 0 Å². The smallest absolute Gasteiger partial charge is 0.370 e. The van der Waals surface area contributed by atoms with Gasteiger partial charge in [-0.15, -0.1) is 0 Å². The maximum Gasteiger partial charge on any atom is 0.416 e. The standard InChI is InChI=1S/C24H25F3N2O2S/c1-17(16-32(30,31)22-7-4-6-20(14-22)24(25,26)27)18-9-11-29(12-10-18)21-13-19-5-2-3-8-23(19)28-15-21/h2-8,13-15,17-18H,9-12,16H2,1H3. The van der Waals surface area contributed by atoms with Gasteiger partial charge in [-0.1, -0.05) is 31.2 Å². The Morgan fingerprint density at radius 2 is 1.78 bits per heavy atom. The van der Waals surface area contributed by atoms with Crippen molar-refractivity contribution in [3.63, 3.8) is 0 Å². The fourth-order valence-corrected chi connectivity index (χ4v) is 6.15. The summed E-state index contributed by atoms with van der Waals surface area (Å²) < 4.78 is 64.5. The van der Waals surface area contributed by atoms with Crippen LogP contribution in [0.15, 0.2) is 65.7 Å². The van der Waals surface area contributed by atoms with E-state index < -0.39 is 21.6 Å². The number of nitrogens with zero attached hydrogens (tertiary/aromatic N) is 2. The average Bonchev–Trinajstić information content (AvgIpc) is 2.78. The maximum absolute atomic E-state index is 13.0. The topological polar surface area (TPSA) is 50.3 Å². The van der Waals surface area contributed by atoms with E-state index in [0.29, 0.717) is 0 Å². The van der Waals surface area contributed by atoms with Crippen molar-refractivity contribution in [2.45, 2.75) is 30.8 Å². The first-order valence-electron chi connectivity index (χ1n) is 10.6. The molecular weight excluding hydrogens is 437 g/mol. The van der Waals surface area contributed by atoms with Gasteiger partial charge in [-0.2, -0.15) is 13.2 Å². The number of piperidine rings is 1. The predicted octanol–water partition coefficient (Wildman–Crippen LogP) is 5.58. The molecular formula is C24H25F3N2O2S. The molecule has 8 heteroatoms. The first-order valence-corrected chi connectivity index (χ1v) is 12.3. The first-order chi connectivity index (χ1) is 15.1. The van der Waals surface area contributed by atoms with E-state index in [4.69, 9.17) is 0 Å². The Labute approximate surface area is 186 Å². The Balaban J connectivity index is 1.40. The highest BCUT2D eigenvalue weighted by Crippen LogP contribution is 2.33. The highest BCUT2D eigenvalue weighted by Gasteiger charge is 2.33. The fourth-order valence-electron chi connectivity index (χ4n) is 4.40. The number of alkyl halides is 3. The number of anilines is 1. The second-order valence-corrected chi connectivity index (χ2v) is 10.5. The number of halogens is 3. The van der Waals surface area contributed by atoms with Crippen molar-refractivity contribution >= 4 is 26.4 Å². The molecule has 1 saturated heterocycles. The van der Waals surface area contributed by atoms with Gasteiger partial charge in [0.05, 0.1) is 33.6 Å². The Kier molecular flexibility index (Phi) is 6.16. The molecule has 0 spiro atoms. The average molecular weight is 463 g/mol. The molecule has 0 radical (unpaired) electrons. The largest absolute Gasteiger partial charge is 0.416 e. The van der Waals surface area contributed by atoms with Crippen LogP contribution in [0, 0.1) is 11.8 Å². The number of aromatic nitrogens is 1. The minimum absolute atomic E-state index is 0.147. The number of hydrogen-bond donors (Lipinski definition) is 0. The lowest BCUT2D eigenvalue weighted by molar-refractivity contribution is -0.137. The van der Waals surface area contributed by atoms with Crippen molar-refractivity contribution in [3.8, 4) is 0 Å². The summed E-state index contributed by atoms with van der Waals surface area (Å²) in [5.41, 5.74) is 1.05. The first kappa shape index (κ1) is 22.6. The molecule has 0 N–H and O–H groups in total. The van der Waals surface area contributed by atoms with Crippen molar-refractivity contribution in [2.75, 3.05) is 23.7 Å². The van der Waals surface area contributed by atoms with Crippen molar-refractivity contribution in [1.82, 2.24) is 4.98 Å². The third kappa shape index (κ3) is 4.90. The lowest BCUT2D eigenvalue weighted by atomic mass is 9.86. The summed E-state index contributed by atoms with van der Waals surface area (Å²) in [6, 6.07) is 14.1. The Hall–Kier alpha value is -2.61. The quantitative estimate of drug-likeness (QED) is 0.497. The van der Waals surface area contributed by atoms with Crippen LogP contribution in [0.25, 0.3) is 10.9 Å². The molecule has 1 fully saturated rings. The molecule has 4 rings (SSSR count). The van der Waals surface area contributed by atoms with Gasteiger partial charge in [-0.05, 0) is 55.0 Å². The Morgan fingerprint density at radius 1 is 1.06 bits per heavy atom. The van der Waals surface area contributed by atoms with Crippen LogP contribution in [-0.4, -0.2) is 32.2 Å². The minimum atomic E-state index is -4.57. The fraction of sp³-hybridized carbons (Fsp3) is 0.375. The molecule has 1 aromatic heterocycles. The number of rotatable bonds is 5. The monoisotopic (exact) mass is 462 g/mol. The highest BCUT2D eigenvalue weighted by atomic mass is 32.2. The van der Waals surface area contributed by atoms with E-state index in [1.54, 1.807) is 0 Å². The third-order valence-electron chi connectivity index (χ3n) is 6.29. The molecule has 2 heterocycles. The van der Waals surface area contributed by atoms with E-state index in [1.807, 2.05) is 37.4 Å². The van der Waals surface area contributed by atoms with Crippen LogP contribution in [0.3, 0.4) is 0 Å². The van der Waals surface area contributed by atoms with Crippen LogP contribution in [0.4, 0.5) is 18.9 Å². The number of sulfone groups is 1. The van der Waals surface area contributed by atoms with Crippen LogP contribution in [0.5, 0.6) is 0 Å². The van der Waals surface area contributed by atoms with Crippen LogP contribution in [-0.2, 0) is 16.0 Å². The predicted molar refractivity (Wildman–Crippen MR) is 119 cm³/mol. The Bertz CT molecular complexity index is 1200. The van der Waals surface area contributed by atoms with Gasteiger partial charge in [-0.25, -0.2) is 8.42 Å². The highest BCUT2D eigenvalue weighted by molar-refractivity contribution is 7.91. The van der Waals surface area contributed by atoms with Crippen molar-refractivity contribution in [1.29, 1.82) is 0 Å². The molecule has 0 bridgehead atoms. The number of hydrogen-bond acceptors (Lipinski definition) is 4. The lowest BCUT2D eigenvalue weighted by Crippen LogP contribution is -2.37. The van der Waals surface area contributed by atoms with Crippen molar-refractivity contribution in [3.05, 3.63) is 66.4 Å². The molecule has 1 unspecified atom stereocenters. The van der Waals surface area contributed by atoms with Crippen molar-refractivity contribution < 1.29 is 21.6 Å². The van der Waals surface area contributed by atoms with Crippen LogP contribution >= 0.6 is 0 Å². The van der Waals surface area contributed by atoms with E-state index >= 15 is 0 Å². The van der Waals surface area contributed by atoms with Gasteiger partial charge in [0.2, 0.25) is 0 Å². The van der Waals surface area contributed by atoms with E-state index in [0.717, 1.165) is 60.7 Å². The summed E-state index contributed by atoms with van der Waals surface area (Å²) in [5, 5.41) is 1.08. The van der Waals surface area contributed by atoms with Gasteiger partial charge in [0.15, 0.2) is 9.84 Å². The molecule has 1 atom stereocenters. The molecule has 170 valence electrons. The zero-order valence-electron chi connectivity index (χ0n) is 17.7. The summed E-state index contributed by atoms with van der Waals surface area (Å²) in [5.74, 6) is -0.108. The van der Waals surface area contributed by atoms with E-state index in [1.165, 1.54) is 6.07 Å². The van der Waals surface area contributed by atoms with Crippen LogP contribution in [0.2, 0.25) is 0 Å². The lowest BCUT2D eigenvalue weighted by Gasteiger charge is -2.36. The number of fused-ring (bicyclic) bond motifs is 1. The number of para-hydroxylation sites is 1. The molecule has 32 heavy (non-hydrogen) atoms. The molecule has 4 nitrogen and oxygen atoms in total. The number of pyridine rings is 1. The second-order valence-electron chi connectivity index (χ2n) is 8.49. The van der Waals surface area contributed by atoms with Gasteiger partial charge in [-0.3, -0.25) is 4.98 Å². The maximum atomic E-state index is 13.0. The summed E-state index contributed by atoms with van der Waals surface area (Å²) in [7, 11) is -3.81. The third-order valence-corrected chi connectivity index (χ3v) is 8.23. The van der Waals surface area contributed by atoms with Crippen LogP contribution in [0.1, 0.15) is 25.3 Å². The summed E-state index contributed by atoms with van der Waals surface area (Å²) >= 11 is 0. The zero-order valence-corrected chi connectivity index (χ0v) is 18.5. The van der Waals surface area contributed by atoms with Gasteiger partial charge in [0, 0.05) is 18.5 Å². The summed E-state index contributed by atoms with van der Waals surface area (Å²) in [6.07, 6.45) is -1.05. The SMILES string of the molecule is CC(CS(=O)(=O)c1cccc(C(F)(F)F)c1)C1CCN(c2cnc3ccccc3c2)CC1. The van der Waals surface area contributed by atoms with Gasteiger partial charge >= 0.3 is 6.18 Å². The Morgan fingerprint density at radius 3 is 2.50 bits per heavy atom. The van der Waals surface area contributed by atoms with Crippen LogP contribution < -0.4 is 4.90 Å². The molecule has 1 aliphatic heterocycles. The van der Waals surface area contributed by atoms with Gasteiger partial charge < -0.3 is 4.90 Å². The van der Waals surface area contributed by atoms with Crippen molar-refractivity contribution in [2.24, 2.45) is 11.8 Å². The molecule has 0 aliphatic carbocycles. The molecule has 2 aromatic carbocycles. The molecule has 0 amide bonds. The summed E-state index contributed by atoms with van der Waals surface area (Å²) in [6.45, 7) is 3.46. The summed E-state index contributed by atoms with van der Waals surface area (Å²) in [4.78, 5) is 6.50. The normalized spacial score (nSPS) is 16.9. The van der Waals surface area contributed by atoms with E-state index in [9.17, 15) is 21.6 Å². The van der Waals surface area contributed by atoms with E-state index in [2.05, 4.69) is 16.0 Å². The minimum Gasteiger partial charge on any atom is -0.370 e.